The topological polar surface area (TPSA) is 41.6 Å². The second-order valence-electron chi connectivity index (χ2n) is 3.85. The van der Waals surface area contributed by atoms with Crippen LogP contribution in [0.15, 0.2) is 15.8 Å². The number of thiophene rings is 1. The van der Waals surface area contributed by atoms with Crippen molar-refractivity contribution in [3.05, 3.63) is 21.9 Å². The fourth-order valence-corrected chi connectivity index (χ4v) is 3.36. The number of rotatable bonds is 2. The third-order valence-corrected chi connectivity index (χ3v) is 4.56. The molecule has 2 rings (SSSR count). The summed E-state index contributed by atoms with van der Waals surface area (Å²) in [6, 6.07) is 0. The largest absolute Gasteiger partial charge is 0.370 e. The van der Waals surface area contributed by atoms with Gasteiger partial charge in [0.1, 0.15) is 0 Å². The molecular formula is C11H18IN3S2. The molecule has 1 aliphatic heterocycles. The minimum Gasteiger partial charge on any atom is -0.370 e. The van der Waals surface area contributed by atoms with Crippen molar-refractivity contribution in [1.82, 2.24) is 4.90 Å². The maximum absolute atomic E-state index is 5.99. The highest BCUT2D eigenvalue weighted by Gasteiger charge is 2.11. The lowest BCUT2D eigenvalue weighted by atomic mass is 10.2. The zero-order chi connectivity index (χ0) is 11.4. The van der Waals surface area contributed by atoms with Crippen molar-refractivity contribution in [3.8, 4) is 0 Å². The first kappa shape index (κ1) is 15.1. The molecule has 0 radical (unpaired) electrons. The van der Waals surface area contributed by atoms with Crippen LogP contribution in [0.3, 0.4) is 0 Å². The highest BCUT2D eigenvalue weighted by molar-refractivity contribution is 14.0. The molecule has 6 heteroatoms. The van der Waals surface area contributed by atoms with Gasteiger partial charge in [0, 0.05) is 24.6 Å². The SMILES string of the molecule is Cc1cscc1CN=C(N)N1CCSCC1.I. The summed E-state index contributed by atoms with van der Waals surface area (Å²) in [7, 11) is 0. The third kappa shape index (κ3) is 4.33. The monoisotopic (exact) mass is 383 g/mol. The molecule has 1 fully saturated rings. The molecule has 2 N–H and O–H groups in total. The van der Waals surface area contributed by atoms with Gasteiger partial charge in [-0.3, -0.25) is 0 Å². The summed E-state index contributed by atoms with van der Waals surface area (Å²) in [5, 5.41) is 4.30. The average Bonchev–Trinajstić information content (AvgIpc) is 2.73. The fraction of sp³-hybridized carbons (Fsp3) is 0.545. The van der Waals surface area contributed by atoms with E-state index in [0.717, 1.165) is 24.6 Å². The number of nitrogens with zero attached hydrogens (tertiary/aromatic N) is 2. The van der Waals surface area contributed by atoms with Gasteiger partial charge in [-0.2, -0.15) is 23.1 Å². The highest BCUT2D eigenvalue weighted by atomic mass is 127. The number of thioether (sulfide) groups is 1. The lowest BCUT2D eigenvalue weighted by Crippen LogP contribution is -2.42. The number of halogens is 1. The summed E-state index contributed by atoms with van der Waals surface area (Å²) in [6.07, 6.45) is 0. The highest BCUT2D eigenvalue weighted by Crippen LogP contribution is 2.15. The summed E-state index contributed by atoms with van der Waals surface area (Å²) in [6.45, 7) is 4.89. The van der Waals surface area contributed by atoms with Crippen molar-refractivity contribution < 1.29 is 0 Å². The van der Waals surface area contributed by atoms with E-state index in [1.165, 1.54) is 11.1 Å². The standard InChI is InChI=1S/C11H17N3S2.HI/c1-9-7-16-8-10(9)6-13-11(12)14-2-4-15-5-3-14;/h7-8H,2-6H2,1H3,(H2,12,13);1H. The van der Waals surface area contributed by atoms with E-state index in [1.807, 2.05) is 11.8 Å². The number of hydrogen-bond donors (Lipinski definition) is 1. The van der Waals surface area contributed by atoms with Gasteiger partial charge in [0.25, 0.3) is 0 Å². The molecule has 1 aliphatic rings. The van der Waals surface area contributed by atoms with E-state index in [0.29, 0.717) is 12.5 Å². The smallest absolute Gasteiger partial charge is 0.191 e. The predicted octanol–water partition coefficient (Wildman–Crippen LogP) is 2.54. The van der Waals surface area contributed by atoms with E-state index in [-0.39, 0.29) is 24.0 Å². The Morgan fingerprint density at radius 3 is 2.71 bits per heavy atom. The van der Waals surface area contributed by atoms with Gasteiger partial charge in [0.15, 0.2) is 5.96 Å². The van der Waals surface area contributed by atoms with Crippen LogP contribution in [-0.2, 0) is 6.54 Å². The van der Waals surface area contributed by atoms with Crippen molar-refractivity contribution in [1.29, 1.82) is 0 Å². The Kier molecular flexibility index (Phi) is 6.65. The van der Waals surface area contributed by atoms with Gasteiger partial charge in [0.05, 0.1) is 6.54 Å². The van der Waals surface area contributed by atoms with Crippen LogP contribution in [-0.4, -0.2) is 35.5 Å². The normalized spacial score (nSPS) is 16.8. The molecule has 0 spiro atoms. The van der Waals surface area contributed by atoms with Crippen molar-refractivity contribution in [3.63, 3.8) is 0 Å². The Hall–Kier alpha value is 0.0500. The lowest BCUT2D eigenvalue weighted by Gasteiger charge is -2.27. The number of aryl methyl sites for hydroxylation is 1. The predicted molar refractivity (Wildman–Crippen MR) is 88.7 cm³/mol. The first-order chi connectivity index (χ1) is 7.77. The summed E-state index contributed by atoms with van der Waals surface area (Å²) < 4.78 is 0. The molecule has 1 aromatic heterocycles. The zero-order valence-corrected chi connectivity index (χ0v) is 13.9. The fourth-order valence-electron chi connectivity index (χ4n) is 1.61. The molecule has 0 aromatic carbocycles. The van der Waals surface area contributed by atoms with Crippen LogP contribution in [0.1, 0.15) is 11.1 Å². The Bertz CT molecular complexity index is 373. The molecule has 0 unspecified atom stereocenters. The quantitative estimate of drug-likeness (QED) is 0.485. The molecule has 1 saturated heterocycles. The van der Waals surface area contributed by atoms with Crippen LogP contribution in [0.2, 0.25) is 0 Å². The van der Waals surface area contributed by atoms with Crippen LogP contribution in [0.5, 0.6) is 0 Å². The van der Waals surface area contributed by atoms with Crippen LogP contribution in [0.25, 0.3) is 0 Å². The van der Waals surface area contributed by atoms with Crippen LogP contribution in [0.4, 0.5) is 0 Å². The molecule has 0 saturated carbocycles. The van der Waals surface area contributed by atoms with Crippen LogP contribution < -0.4 is 5.73 Å². The van der Waals surface area contributed by atoms with E-state index < -0.39 is 0 Å². The second-order valence-corrected chi connectivity index (χ2v) is 5.82. The molecular weight excluding hydrogens is 365 g/mol. The minimum absolute atomic E-state index is 0. The van der Waals surface area contributed by atoms with Gasteiger partial charge in [-0.05, 0) is 28.8 Å². The Morgan fingerprint density at radius 2 is 2.12 bits per heavy atom. The van der Waals surface area contributed by atoms with Crippen LogP contribution >= 0.6 is 47.1 Å². The first-order valence-corrected chi connectivity index (χ1v) is 7.51. The Morgan fingerprint density at radius 1 is 1.41 bits per heavy atom. The van der Waals surface area contributed by atoms with Crippen molar-refractivity contribution >= 4 is 53.0 Å². The third-order valence-electron chi connectivity index (χ3n) is 2.71. The number of nitrogens with two attached hydrogens (primary N) is 1. The molecule has 0 aliphatic carbocycles. The first-order valence-electron chi connectivity index (χ1n) is 5.41. The van der Waals surface area contributed by atoms with E-state index in [9.17, 15) is 0 Å². The molecule has 0 bridgehead atoms. The zero-order valence-electron chi connectivity index (χ0n) is 9.89. The van der Waals surface area contributed by atoms with Gasteiger partial charge in [-0.15, -0.1) is 24.0 Å². The van der Waals surface area contributed by atoms with Gasteiger partial charge >= 0.3 is 0 Å². The van der Waals surface area contributed by atoms with Gasteiger partial charge in [-0.25, -0.2) is 4.99 Å². The van der Waals surface area contributed by atoms with Crippen molar-refractivity contribution in [2.24, 2.45) is 10.7 Å². The maximum atomic E-state index is 5.99. The number of hydrogen-bond acceptors (Lipinski definition) is 3. The number of guanidine groups is 1. The van der Waals surface area contributed by atoms with Gasteiger partial charge in [-0.1, -0.05) is 0 Å². The lowest BCUT2D eigenvalue weighted by molar-refractivity contribution is 0.455. The van der Waals surface area contributed by atoms with E-state index >= 15 is 0 Å². The van der Waals surface area contributed by atoms with E-state index in [1.54, 1.807) is 11.3 Å². The molecule has 2 heterocycles. The number of aliphatic imine (C=N–C) groups is 1. The van der Waals surface area contributed by atoms with Crippen LogP contribution in [0, 0.1) is 6.92 Å². The molecule has 0 atom stereocenters. The molecule has 0 amide bonds. The second kappa shape index (κ2) is 7.48. The Labute approximate surface area is 128 Å². The average molecular weight is 383 g/mol. The molecule has 3 nitrogen and oxygen atoms in total. The summed E-state index contributed by atoms with van der Waals surface area (Å²) in [5.74, 6) is 3.02. The van der Waals surface area contributed by atoms with E-state index in [2.05, 4.69) is 27.6 Å². The Balaban J connectivity index is 0.00000144. The van der Waals surface area contributed by atoms with E-state index in [4.69, 9.17) is 5.73 Å². The summed E-state index contributed by atoms with van der Waals surface area (Å²) >= 11 is 3.71. The van der Waals surface area contributed by atoms with Crippen molar-refractivity contribution in [2.75, 3.05) is 24.6 Å². The summed E-state index contributed by atoms with van der Waals surface area (Å²) in [5.41, 5.74) is 8.59. The molecule has 17 heavy (non-hydrogen) atoms. The molecule has 96 valence electrons. The molecule has 1 aromatic rings. The minimum atomic E-state index is 0. The maximum Gasteiger partial charge on any atom is 0.191 e. The van der Waals surface area contributed by atoms with Gasteiger partial charge in [0.2, 0.25) is 0 Å². The summed E-state index contributed by atoms with van der Waals surface area (Å²) in [4.78, 5) is 6.65. The van der Waals surface area contributed by atoms with Gasteiger partial charge < -0.3 is 10.6 Å². The van der Waals surface area contributed by atoms with Crippen molar-refractivity contribution in [2.45, 2.75) is 13.5 Å².